The molecule has 0 unspecified atom stereocenters. The van der Waals surface area contributed by atoms with Crippen LogP contribution in [0.2, 0.25) is 0 Å². The summed E-state index contributed by atoms with van der Waals surface area (Å²) < 4.78 is 22.7. The van der Waals surface area contributed by atoms with Crippen LogP contribution in [0.3, 0.4) is 0 Å². The lowest BCUT2D eigenvalue weighted by Crippen LogP contribution is -2.49. The smallest absolute Gasteiger partial charge is 0.332 e. The van der Waals surface area contributed by atoms with E-state index in [0.717, 1.165) is 63.0 Å². The quantitative estimate of drug-likeness (QED) is 0.221. The van der Waals surface area contributed by atoms with Gasteiger partial charge in [0.25, 0.3) is 0 Å². The summed E-state index contributed by atoms with van der Waals surface area (Å²) in [5.74, 6) is 0.284. The van der Waals surface area contributed by atoms with Crippen molar-refractivity contribution in [3.05, 3.63) is 57.7 Å². The predicted octanol–water partition coefficient (Wildman–Crippen LogP) is 7.05. The lowest BCUT2D eigenvalue weighted by molar-refractivity contribution is -0.138. The minimum atomic E-state index is -1.10. The third kappa shape index (κ3) is 7.25. The van der Waals surface area contributed by atoms with Crippen LogP contribution in [-0.4, -0.2) is 86.6 Å². The van der Waals surface area contributed by atoms with Crippen LogP contribution in [0.1, 0.15) is 87.7 Å². The normalized spacial score (nSPS) is 26.4. The van der Waals surface area contributed by atoms with Crippen molar-refractivity contribution in [2.45, 2.75) is 78.3 Å². The summed E-state index contributed by atoms with van der Waals surface area (Å²) in [6.07, 6.45) is 4.44. The number of piperidine rings is 2. The van der Waals surface area contributed by atoms with Crippen molar-refractivity contribution < 1.29 is 38.7 Å². The van der Waals surface area contributed by atoms with Crippen LogP contribution in [-0.2, 0) is 22.4 Å². The van der Waals surface area contributed by atoms with Crippen LogP contribution in [0.4, 0.5) is 0 Å². The molecule has 0 radical (unpaired) electrons. The van der Waals surface area contributed by atoms with E-state index in [1.807, 2.05) is 24.3 Å². The lowest BCUT2D eigenvalue weighted by atomic mass is 9.66. The summed E-state index contributed by atoms with van der Waals surface area (Å²) in [4.78, 5) is 32.5. The van der Waals surface area contributed by atoms with Crippen LogP contribution >= 0.6 is 0 Å². The Morgan fingerprint density at radius 3 is 1.29 bits per heavy atom. The molecule has 2 fully saturated rings. The number of carbonyl (C=O) groups is 2. The van der Waals surface area contributed by atoms with E-state index in [2.05, 4.69) is 37.5 Å². The van der Waals surface area contributed by atoms with Gasteiger partial charge in [-0.05, 0) is 121 Å². The third-order valence-electron chi connectivity index (χ3n) is 12.3. The lowest BCUT2D eigenvalue weighted by Gasteiger charge is -2.50. The fourth-order valence-corrected chi connectivity index (χ4v) is 10.2. The van der Waals surface area contributed by atoms with Crippen molar-refractivity contribution in [2.24, 2.45) is 35.5 Å². The molecule has 0 aliphatic carbocycles. The number of hydrogen-bond donors (Lipinski definition) is 2. The van der Waals surface area contributed by atoms with Gasteiger partial charge in [-0.15, -0.1) is 0 Å². The van der Waals surface area contributed by atoms with E-state index >= 15 is 0 Å². The first-order valence-electron chi connectivity index (χ1n) is 19.1. The van der Waals surface area contributed by atoms with Gasteiger partial charge < -0.3 is 29.2 Å². The standard InChI is InChI=1S/C42H58N2O8/c1-23(2)13-27-21-43-11-9-25-15-35(49-5)37(51-7)19-29(25)33(43)17-31(27)39(41(45)46)40(42(47)48)32-18-34-30-20-38(52-8)36(50-6)16-26(30)10-12-44(34)22-28(32)14-24(3)4/h15-16,19-20,23-24,27-28,31-34H,9-14,17-18,21-22H2,1-8H3,(H,45,46)(H,47,48)/b40-39+/t27-,28-,31+,32+,33+,34+/m0/s1. The second-order valence-electron chi connectivity index (χ2n) is 16.2. The minimum absolute atomic E-state index is 0.00849. The Morgan fingerprint density at radius 1 is 0.635 bits per heavy atom. The fourth-order valence-electron chi connectivity index (χ4n) is 10.2. The second kappa shape index (κ2) is 15.7. The number of benzene rings is 2. The molecular formula is C42H58N2O8. The van der Waals surface area contributed by atoms with Gasteiger partial charge >= 0.3 is 11.9 Å². The Morgan fingerprint density at radius 2 is 0.981 bits per heavy atom. The zero-order valence-electron chi connectivity index (χ0n) is 32.2. The zero-order valence-corrected chi connectivity index (χ0v) is 32.2. The molecule has 4 aliphatic heterocycles. The van der Waals surface area contributed by atoms with Crippen molar-refractivity contribution in [2.75, 3.05) is 54.6 Å². The molecule has 4 heterocycles. The Balaban J connectivity index is 1.48. The number of hydrogen-bond acceptors (Lipinski definition) is 8. The highest BCUT2D eigenvalue weighted by molar-refractivity contribution is 5.99. The Kier molecular flexibility index (Phi) is 11.5. The molecule has 4 aliphatic rings. The summed E-state index contributed by atoms with van der Waals surface area (Å²) >= 11 is 0. The number of ether oxygens (including phenoxy) is 4. The van der Waals surface area contributed by atoms with Crippen LogP contribution in [0.5, 0.6) is 23.0 Å². The molecule has 0 aromatic heterocycles. The molecule has 2 aromatic carbocycles. The summed E-state index contributed by atoms with van der Waals surface area (Å²) in [5, 5.41) is 22.5. The molecule has 2 aromatic rings. The molecule has 2 saturated heterocycles. The molecule has 6 rings (SSSR count). The first kappa shape index (κ1) is 38.0. The molecule has 6 atom stereocenters. The van der Waals surface area contributed by atoms with E-state index in [4.69, 9.17) is 18.9 Å². The van der Waals surface area contributed by atoms with Crippen molar-refractivity contribution in [1.82, 2.24) is 9.80 Å². The second-order valence-corrected chi connectivity index (χ2v) is 16.2. The van der Waals surface area contributed by atoms with Gasteiger partial charge in [0.15, 0.2) is 23.0 Å². The van der Waals surface area contributed by atoms with Gasteiger partial charge in [-0.1, -0.05) is 27.7 Å². The molecule has 284 valence electrons. The summed E-state index contributed by atoms with van der Waals surface area (Å²) in [5.41, 5.74) is 4.81. The molecule has 0 saturated carbocycles. The fraction of sp³-hybridized carbons (Fsp3) is 0.619. The Hall–Kier alpha value is -3.76. The maximum Gasteiger partial charge on any atom is 0.332 e. The van der Waals surface area contributed by atoms with E-state index in [1.165, 1.54) is 11.1 Å². The average Bonchev–Trinajstić information content (AvgIpc) is 3.11. The van der Waals surface area contributed by atoms with E-state index in [-0.39, 0.29) is 35.1 Å². The molecule has 0 spiro atoms. The monoisotopic (exact) mass is 718 g/mol. The molecule has 10 heteroatoms. The topological polar surface area (TPSA) is 118 Å². The van der Waals surface area contributed by atoms with E-state index < -0.39 is 23.8 Å². The van der Waals surface area contributed by atoms with Gasteiger partial charge in [0.1, 0.15) is 0 Å². The van der Waals surface area contributed by atoms with Crippen LogP contribution in [0, 0.1) is 35.5 Å². The molecule has 52 heavy (non-hydrogen) atoms. The number of rotatable bonds is 12. The van der Waals surface area contributed by atoms with Crippen molar-refractivity contribution >= 4 is 11.9 Å². The van der Waals surface area contributed by atoms with E-state index in [1.54, 1.807) is 28.4 Å². The number of nitrogens with zero attached hydrogens (tertiary/aromatic N) is 2. The SMILES string of the molecule is COc1cc2c(cc1OC)[C@H]1C[C@@H](/C(C(=O)O)=C(\C(=O)O)[C@@H]3C[C@@H]4c5cc(OC)c(OC)cc5CCN4C[C@@H]3CC(C)C)[C@@H](CC(C)C)CN1CC2. The molecule has 0 bridgehead atoms. The number of carboxylic acid groups (broad SMARTS) is 2. The third-order valence-corrected chi connectivity index (χ3v) is 12.3. The average molecular weight is 719 g/mol. The molecular weight excluding hydrogens is 660 g/mol. The predicted molar refractivity (Wildman–Crippen MR) is 200 cm³/mol. The van der Waals surface area contributed by atoms with E-state index in [9.17, 15) is 19.8 Å². The first-order valence-corrected chi connectivity index (χ1v) is 19.1. The maximum atomic E-state index is 13.8. The first-order chi connectivity index (χ1) is 24.9. The van der Waals surface area contributed by atoms with Crippen molar-refractivity contribution in [3.8, 4) is 23.0 Å². The molecule has 10 nitrogen and oxygen atoms in total. The van der Waals surface area contributed by atoms with Gasteiger partial charge in [0, 0.05) is 38.3 Å². The summed E-state index contributed by atoms with van der Waals surface area (Å²) in [7, 11) is 6.54. The minimum Gasteiger partial charge on any atom is -0.493 e. The highest BCUT2D eigenvalue weighted by Gasteiger charge is 2.48. The van der Waals surface area contributed by atoms with Crippen molar-refractivity contribution in [1.29, 1.82) is 0 Å². The Labute approximate surface area is 309 Å². The summed E-state index contributed by atoms with van der Waals surface area (Å²) in [6.45, 7) is 11.8. The molecule has 2 N–H and O–H groups in total. The van der Waals surface area contributed by atoms with Crippen LogP contribution < -0.4 is 18.9 Å². The highest BCUT2D eigenvalue weighted by Crippen LogP contribution is 2.52. The Bertz CT molecular complexity index is 1560. The number of fused-ring (bicyclic) bond motifs is 6. The van der Waals surface area contributed by atoms with Crippen LogP contribution in [0.25, 0.3) is 0 Å². The van der Waals surface area contributed by atoms with Crippen molar-refractivity contribution in [3.63, 3.8) is 0 Å². The number of carboxylic acids is 2. The van der Waals surface area contributed by atoms with E-state index in [0.29, 0.717) is 47.7 Å². The largest absolute Gasteiger partial charge is 0.493 e. The van der Waals surface area contributed by atoms with Gasteiger partial charge in [-0.2, -0.15) is 0 Å². The number of methoxy groups -OCH3 is 4. The van der Waals surface area contributed by atoms with Gasteiger partial charge in [-0.3, -0.25) is 9.80 Å². The highest BCUT2D eigenvalue weighted by atomic mass is 16.5. The molecule has 0 amide bonds. The summed E-state index contributed by atoms with van der Waals surface area (Å²) in [6, 6.07) is 8.09. The van der Waals surface area contributed by atoms with Crippen LogP contribution in [0.15, 0.2) is 35.4 Å². The van der Waals surface area contributed by atoms with Gasteiger partial charge in [0.2, 0.25) is 0 Å². The zero-order chi connectivity index (χ0) is 37.4. The number of aliphatic carboxylic acids is 2. The van der Waals surface area contributed by atoms with Gasteiger partial charge in [0.05, 0.1) is 39.6 Å². The maximum absolute atomic E-state index is 13.8. The van der Waals surface area contributed by atoms with Gasteiger partial charge in [-0.25, -0.2) is 9.59 Å².